The van der Waals surface area contributed by atoms with E-state index in [1.54, 1.807) is 68.4 Å². The van der Waals surface area contributed by atoms with Crippen molar-refractivity contribution < 1.29 is 54.4 Å². The lowest BCUT2D eigenvalue weighted by Crippen LogP contribution is -2.47. The van der Waals surface area contributed by atoms with Gasteiger partial charge in [-0.05, 0) is 60.9 Å². The van der Waals surface area contributed by atoms with Gasteiger partial charge in [0, 0.05) is 13.3 Å². The molecule has 0 fully saturated rings. The number of hydrogen-bond acceptors (Lipinski definition) is 16. The van der Waals surface area contributed by atoms with Gasteiger partial charge in [0.2, 0.25) is 16.0 Å². The van der Waals surface area contributed by atoms with E-state index in [9.17, 15) is 36.0 Å². The lowest BCUT2D eigenvalue weighted by atomic mass is 10.00. The highest BCUT2D eigenvalue weighted by Crippen LogP contribution is 2.28. The number of amides is 1. The number of thiazole rings is 1. The van der Waals surface area contributed by atoms with Crippen molar-refractivity contribution in [2.75, 3.05) is 13.2 Å². The van der Waals surface area contributed by atoms with Crippen molar-refractivity contribution in [2.45, 2.75) is 68.1 Å². The van der Waals surface area contributed by atoms with E-state index < -0.39 is 63.3 Å². The zero-order valence-corrected chi connectivity index (χ0v) is 33.6. The second kappa shape index (κ2) is 19.0. The fraction of sp³-hybridized carbons (Fsp3) is 0.324. The van der Waals surface area contributed by atoms with Crippen LogP contribution in [0.5, 0.6) is 11.5 Å². The number of aromatic nitrogens is 4. The summed E-state index contributed by atoms with van der Waals surface area (Å²) < 4.78 is 71.7. The molecular weight excluding hydrogens is 803 g/mol. The van der Waals surface area contributed by atoms with Crippen LogP contribution in [0.3, 0.4) is 0 Å². The van der Waals surface area contributed by atoms with Crippen LogP contribution in [0.4, 0.5) is 0 Å². The van der Waals surface area contributed by atoms with E-state index in [0.29, 0.717) is 33.0 Å². The molecule has 1 unspecified atom stereocenters. The minimum Gasteiger partial charge on any atom is -0.490 e. The predicted molar refractivity (Wildman–Crippen MR) is 205 cm³/mol. The van der Waals surface area contributed by atoms with Crippen molar-refractivity contribution in [3.63, 3.8) is 0 Å². The number of carbonyl (C=O) groups excluding carboxylic acids is 4. The summed E-state index contributed by atoms with van der Waals surface area (Å²) in [5.74, 6) is -1.64. The maximum Gasteiger partial charge on any atom is 0.303 e. The summed E-state index contributed by atoms with van der Waals surface area (Å²) in [4.78, 5) is 53.6. The maximum atomic E-state index is 13.6. The number of carbonyl (C=O) groups is 4. The Morgan fingerprint density at radius 2 is 1.67 bits per heavy atom. The van der Waals surface area contributed by atoms with Gasteiger partial charge in [-0.15, -0.1) is 16.4 Å². The number of aryl methyl sites for hydroxylation is 1. The molecule has 0 aliphatic carbocycles. The average molecular weight is 842 g/mol. The third-order valence-electron chi connectivity index (χ3n) is 8.26. The number of ketones is 1. The van der Waals surface area contributed by atoms with Gasteiger partial charge in [-0.3, -0.25) is 23.4 Å². The predicted octanol–water partition coefficient (Wildman–Crippen LogP) is 3.15. The molecule has 1 N–H and O–H groups in total. The molecule has 5 rings (SSSR count). The number of benzene rings is 3. The second-order valence-corrected chi connectivity index (χ2v) is 17.0. The van der Waals surface area contributed by atoms with Gasteiger partial charge in [0.1, 0.15) is 43.1 Å². The number of hydrogen-bond donors (Lipinski definition) is 2. The first-order valence-electron chi connectivity index (χ1n) is 17.3. The van der Waals surface area contributed by atoms with E-state index in [4.69, 9.17) is 18.4 Å². The Kier molecular flexibility index (Phi) is 14.2. The lowest BCUT2D eigenvalue weighted by Gasteiger charge is -2.23. The Morgan fingerprint density at radius 3 is 2.32 bits per heavy atom. The molecule has 302 valence electrons. The Morgan fingerprint density at radius 1 is 0.965 bits per heavy atom. The zero-order chi connectivity index (χ0) is 41.3. The first kappa shape index (κ1) is 42.6. The number of esters is 1. The molecule has 0 saturated carbocycles. The number of nitrogens with zero attached hydrogens (tertiary/aromatic N) is 4. The summed E-state index contributed by atoms with van der Waals surface area (Å²) in [6, 6.07) is 15.3. The molecule has 2 heterocycles. The van der Waals surface area contributed by atoms with Gasteiger partial charge < -0.3 is 19.5 Å². The summed E-state index contributed by atoms with van der Waals surface area (Å²) in [5.41, 5.74) is 2.36. The molecular formula is C37H39N5O12S3. The number of fused-ring (bicyclic) bond motifs is 1. The molecule has 0 spiro atoms. The van der Waals surface area contributed by atoms with E-state index in [1.807, 2.05) is 6.92 Å². The van der Waals surface area contributed by atoms with Crippen LogP contribution in [0.1, 0.15) is 43.6 Å². The molecule has 3 atom stereocenters. The first-order chi connectivity index (χ1) is 27.1. The fourth-order valence-electron chi connectivity index (χ4n) is 5.46. The normalized spacial score (nSPS) is 13.2. The van der Waals surface area contributed by atoms with Crippen LogP contribution in [0.15, 0.2) is 82.2 Å². The third-order valence-corrected chi connectivity index (χ3v) is 11.5. The van der Waals surface area contributed by atoms with Crippen molar-refractivity contribution >= 4 is 66.3 Å². The maximum absolute atomic E-state index is 13.6. The van der Waals surface area contributed by atoms with Gasteiger partial charge in [-0.25, -0.2) is 18.1 Å². The van der Waals surface area contributed by atoms with Gasteiger partial charge in [0.15, 0.2) is 23.1 Å². The van der Waals surface area contributed by atoms with Crippen LogP contribution in [0, 0.1) is 12.8 Å². The Balaban J connectivity index is 1.18. The van der Waals surface area contributed by atoms with Gasteiger partial charge in [-0.1, -0.05) is 48.9 Å². The quantitative estimate of drug-likeness (QED) is 0.0377. The second-order valence-electron chi connectivity index (χ2n) is 13.1. The molecule has 0 aliphatic rings. The van der Waals surface area contributed by atoms with Crippen molar-refractivity contribution in [3.8, 4) is 11.5 Å². The molecule has 20 heteroatoms. The summed E-state index contributed by atoms with van der Waals surface area (Å²) in [5, 5.41) is 10.9. The molecule has 0 radical (unpaired) electrons. The van der Waals surface area contributed by atoms with Crippen molar-refractivity contribution in [2.24, 2.45) is 5.92 Å². The van der Waals surface area contributed by atoms with Crippen LogP contribution in [-0.4, -0.2) is 86.1 Å². The Hall–Kier alpha value is -5.57. The summed E-state index contributed by atoms with van der Waals surface area (Å²) >= 11 is 1.02. The zero-order valence-electron chi connectivity index (χ0n) is 31.1. The number of rotatable bonds is 20. The van der Waals surface area contributed by atoms with Gasteiger partial charge >= 0.3 is 5.97 Å². The standard InChI is InChI=1S/C37H39N5O12S3/c1-22(2)35(42-17-26(40-41-42)19-51-28-11-14-31-34(16-28)55-37(39-31)56(47)48)36(46)38-32(33(45)18-43)15-25-7-9-27(10-8-25)52-20-29(54-24(4)44)21-53-57(49,50)30-12-5-23(3)6-13-30/h5-14,16-18,22,29,32,35,56H,15,19-21H2,1-4H3,(H,38,46)/t29?,32-,35-/m0/s1. The average Bonchev–Trinajstić information content (AvgIpc) is 3.82. The van der Waals surface area contributed by atoms with E-state index in [1.165, 1.54) is 29.9 Å². The van der Waals surface area contributed by atoms with Crippen molar-refractivity contribution in [3.05, 3.63) is 89.7 Å². The molecule has 17 nitrogen and oxygen atoms in total. The lowest BCUT2D eigenvalue weighted by molar-refractivity contribution is -0.149. The molecule has 3 aromatic carbocycles. The number of Topliss-reactive ketones (excluding diaryl/α,β-unsaturated/α-hetero) is 1. The highest BCUT2D eigenvalue weighted by molar-refractivity contribution is 7.86. The van der Waals surface area contributed by atoms with Crippen LogP contribution in [0.2, 0.25) is 0 Å². The van der Waals surface area contributed by atoms with E-state index in [2.05, 4.69) is 20.6 Å². The molecule has 0 bridgehead atoms. The fourth-order valence-corrected chi connectivity index (χ4v) is 7.91. The van der Waals surface area contributed by atoms with Crippen LogP contribution in [0.25, 0.3) is 10.2 Å². The smallest absolute Gasteiger partial charge is 0.303 e. The van der Waals surface area contributed by atoms with Gasteiger partial charge in [0.05, 0.1) is 27.4 Å². The van der Waals surface area contributed by atoms with Crippen LogP contribution in [-0.2, 0) is 61.9 Å². The Bertz CT molecular complexity index is 2400. The van der Waals surface area contributed by atoms with Crippen LogP contribution < -0.4 is 14.8 Å². The largest absolute Gasteiger partial charge is 0.490 e. The van der Waals surface area contributed by atoms with Crippen molar-refractivity contribution in [1.29, 1.82) is 0 Å². The van der Waals surface area contributed by atoms with E-state index in [-0.39, 0.29) is 41.1 Å². The minimum atomic E-state index is -4.13. The molecule has 57 heavy (non-hydrogen) atoms. The number of thiol groups is 1. The summed E-state index contributed by atoms with van der Waals surface area (Å²) in [7, 11) is -6.93. The first-order valence-corrected chi connectivity index (χ1v) is 20.7. The Labute approximate surface area is 333 Å². The van der Waals surface area contributed by atoms with Crippen LogP contribution >= 0.6 is 11.3 Å². The molecule has 2 aromatic heterocycles. The molecule has 5 aromatic rings. The molecule has 0 saturated heterocycles. The third kappa shape index (κ3) is 11.7. The van der Waals surface area contributed by atoms with Gasteiger partial charge in [0.25, 0.3) is 10.1 Å². The highest BCUT2D eigenvalue weighted by atomic mass is 32.2. The topological polar surface area (TPSA) is 229 Å². The number of ether oxygens (including phenoxy) is 3. The van der Waals surface area contributed by atoms with Crippen molar-refractivity contribution in [1.82, 2.24) is 25.3 Å². The molecule has 0 aliphatic heterocycles. The monoisotopic (exact) mass is 841 g/mol. The number of aldehydes is 1. The summed E-state index contributed by atoms with van der Waals surface area (Å²) in [6.45, 7) is 5.80. The number of nitrogens with one attached hydrogen (secondary N) is 1. The van der Waals surface area contributed by atoms with E-state index >= 15 is 0 Å². The summed E-state index contributed by atoms with van der Waals surface area (Å²) in [6.07, 6.45) is 0.567. The SMILES string of the molecule is CC(=O)OC(COc1ccc(C[C@H](NC(=O)[C@H](C(C)C)n2cc(COc3ccc4nc([SH](=O)=O)sc4c3)nn2)C(=O)C=O)cc1)COS(=O)(=O)c1ccc(C)cc1. The molecule has 1 amide bonds. The van der Waals surface area contributed by atoms with Gasteiger partial charge in [-0.2, -0.15) is 8.42 Å². The van der Waals surface area contributed by atoms with E-state index in [0.717, 1.165) is 16.9 Å². The minimum absolute atomic E-state index is 0.00135. The highest BCUT2D eigenvalue weighted by Gasteiger charge is 2.30.